The molecule has 1 N–H and O–H groups in total. The fraction of sp³-hybridized carbons (Fsp3) is 0.0556. The van der Waals surface area contributed by atoms with Crippen LogP contribution < -0.4 is 5.32 Å². The molecule has 0 saturated carbocycles. The van der Waals surface area contributed by atoms with Gasteiger partial charge in [-0.05, 0) is 23.8 Å². The quantitative estimate of drug-likeness (QED) is 0.534. The van der Waals surface area contributed by atoms with Crippen LogP contribution in [0.15, 0.2) is 59.4 Å². The molecular formula is C18H12Cl2N4O. The monoisotopic (exact) mass is 370 g/mol. The molecule has 0 unspecified atom stereocenters. The predicted molar refractivity (Wildman–Crippen MR) is 98.8 cm³/mol. The Labute approximate surface area is 153 Å². The average molecular weight is 371 g/mol. The lowest BCUT2D eigenvalue weighted by Gasteiger charge is -2.08. The van der Waals surface area contributed by atoms with Crippen molar-refractivity contribution in [2.45, 2.75) is 6.54 Å². The Balaban J connectivity index is 1.73. The highest BCUT2D eigenvalue weighted by atomic mass is 35.5. The molecule has 0 radical (unpaired) electrons. The summed E-state index contributed by atoms with van der Waals surface area (Å²) in [6.45, 7) is 0.525. The third kappa shape index (κ3) is 3.16. The van der Waals surface area contributed by atoms with Gasteiger partial charge in [-0.15, -0.1) is 0 Å². The molecule has 0 fully saturated rings. The first-order valence-electron chi connectivity index (χ1n) is 7.56. The van der Waals surface area contributed by atoms with E-state index in [0.29, 0.717) is 33.8 Å². The Hall–Kier alpha value is -2.63. The third-order valence-corrected chi connectivity index (χ3v) is 4.42. The number of anilines is 1. The van der Waals surface area contributed by atoms with Crippen LogP contribution in [0.4, 0.5) is 5.82 Å². The van der Waals surface area contributed by atoms with Crippen molar-refractivity contribution in [1.29, 1.82) is 0 Å². The summed E-state index contributed by atoms with van der Waals surface area (Å²) < 4.78 is 5.35. The first-order chi connectivity index (χ1) is 12.2. The van der Waals surface area contributed by atoms with Crippen molar-refractivity contribution in [3.63, 3.8) is 0 Å². The standard InChI is InChI=1S/C18H12Cl2N4O/c19-13-7-5-11(6-8-13)16-15-17(22-10-23-18(15)25-24-16)21-9-12-3-1-2-4-14(12)20/h1-8,10H,9H2,(H,21,22,23). The molecule has 0 bridgehead atoms. The maximum Gasteiger partial charge on any atom is 0.263 e. The molecule has 4 rings (SSSR count). The van der Waals surface area contributed by atoms with Gasteiger partial charge in [0.15, 0.2) is 0 Å². The summed E-state index contributed by atoms with van der Waals surface area (Å²) in [5.74, 6) is 0.635. The second-order valence-corrected chi connectivity index (χ2v) is 6.23. The molecule has 4 aromatic rings. The van der Waals surface area contributed by atoms with E-state index in [4.69, 9.17) is 27.7 Å². The van der Waals surface area contributed by atoms with Crippen molar-refractivity contribution in [2.75, 3.05) is 5.32 Å². The van der Waals surface area contributed by atoms with Gasteiger partial charge in [0.2, 0.25) is 0 Å². The molecule has 0 spiro atoms. The van der Waals surface area contributed by atoms with E-state index in [-0.39, 0.29) is 0 Å². The summed E-state index contributed by atoms with van der Waals surface area (Å²) in [6, 6.07) is 15.0. The fourth-order valence-electron chi connectivity index (χ4n) is 2.55. The van der Waals surface area contributed by atoms with E-state index in [9.17, 15) is 0 Å². The summed E-state index contributed by atoms with van der Waals surface area (Å²) >= 11 is 12.2. The lowest BCUT2D eigenvalue weighted by Crippen LogP contribution is -2.03. The molecule has 124 valence electrons. The van der Waals surface area contributed by atoms with Gasteiger partial charge in [-0.1, -0.05) is 58.7 Å². The molecule has 0 aliphatic heterocycles. The van der Waals surface area contributed by atoms with Gasteiger partial charge in [0, 0.05) is 22.2 Å². The van der Waals surface area contributed by atoms with Crippen LogP contribution in [-0.2, 0) is 6.54 Å². The van der Waals surface area contributed by atoms with Crippen LogP contribution in [0.3, 0.4) is 0 Å². The zero-order valence-electron chi connectivity index (χ0n) is 12.9. The maximum atomic E-state index is 6.21. The number of aromatic nitrogens is 3. The number of halogens is 2. The van der Waals surface area contributed by atoms with Crippen molar-refractivity contribution >= 4 is 40.1 Å². The number of hydrogen-bond donors (Lipinski definition) is 1. The van der Waals surface area contributed by atoms with Crippen molar-refractivity contribution in [3.05, 3.63) is 70.5 Å². The number of nitrogens with zero attached hydrogens (tertiary/aromatic N) is 3. The Morgan fingerprint density at radius 1 is 0.960 bits per heavy atom. The van der Waals surface area contributed by atoms with Crippen LogP contribution in [0.2, 0.25) is 10.0 Å². The van der Waals surface area contributed by atoms with Gasteiger partial charge in [-0.25, -0.2) is 4.98 Å². The van der Waals surface area contributed by atoms with Gasteiger partial charge in [-0.2, -0.15) is 4.98 Å². The summed E-state index contributed by atoms with van der Waals surface area (Å²) in [5.41, 5.74) is 2.93. The van der Waals surface area contributed by atoms with E-state index in [1.165, 1.54) is 6.33 Å². The van der Waals surface area contributed by atoms with E-state index in [1.807, 2.05) is 36.4 Å². The van der Waals surface area contributed by atoms with E-state index in [1.54, 1.807) is 12.1 Å². The molecule has 2 heterocycles. The molecule has 7 heteroatoms. The molecule has 2 aromatic heterocycles. The highest BCUT2D eigenvalue weighted by molar-refractivity contribution is 6.31. The van der Waals surface area contributed by atoms with E-state index < -0.39 is 0 Å². The first kappa shape index (κ1) is 15.9. The lowest BCUT2D eigenvalue weighted by molar-refractivity contribution is 0.451. The Morgan fingerprint density at radius 2 is 1.76 bits per heavy atom. The van der Waals surface area contributed by atoms with Crippen molar-refractivity contribution < 1.29 is 4.52 Å². The lowest BCUT2D eigenvalue weighted by atomic mass is 10.1. The van der Waals surface area contributed by atoms with Crippen LogP contribution in [0.25, 0.3) is 22.4 Å². The predicted octanol–water partition coefficient (Wildman–Crippen LogP) is 5.20. The van der Waals surface area contributed by atoms with Gasteiger partial charge in [0.25, 0.3) is 5.71 Å². The zero-order valence-corrected chi connectivity index (χ0v) is 14.4. The largest absolute Gasteiger partial charge is 0.365 e. The minimum Gasteiger partial charge on any atom is -0.365 e. The average Bonchev–Trinajstić information content (AvgIpc) is 3.06. The van der Waals surface area contributed by atoms with Crippen LogP contribution in [0, 0.1) is 0 Å². The van der Waals surface area contributed by atoms with Crippen LogP contribution in [0.5, 0.6) is 0 Å². The Morgan fingerprint density at radius 3 is 2.56 bits per heavy atom. The third-order valence-electron chi connectivity index (χ3n) is 3.79. The van der Waals surface area contributed by atoms with Crippen molar-refractivity contribution in [1.82, 2.24) is 15.1 Å². The molecule has 2 aromatic carbocycles. The van der Waals surface area contributed by atoms with Gasteiger partial charge in [0.05, 0.1) is 0 Å². The first-order valence-corrected chi connectivity index (χ1v) is 8.31. The molecule has 25 heavy (non-hydrogen) atoms. The van der Waals surface area contributed by atoms with E-state index in [2.05, 4.69) is 20.4 Å². The number of nitrogens with one attached hydrogen (secondary N) is 1. The second-order valence-electron chi connectivity index (χ2n) is 5.39. The van der Waals surface area contributed by atoms with Crippen LogP contribution >= 0.6 is 23.2 Å². The second kappa shape index (κ2) is 6.70. The van der Waals surface area contributed by atoms with Gasteiger partial charge in [0.1, 0.15) is 23.2 Å². The number of rotatable bonds is 4. The zero-order chi connectivity index (χ0) is 17.2. The molecule has 0 saturated heterocycles. The Bertz CT molecular complexity index is 1030. The summed E-state index contributed by atoms with van der Waals surface area (Å²) in [4.78, 5) is 8.48. The number of benzene rings is 2. The molecular weight excluding hydrogens is 359 g/mol. The normalized spacial score (nSPS) is 11.0. The van der Waals surface area contributed by atoms with E-state index >= 15 is 0 Å². The summed E-state index contributed by atoms with van der Waals surface area (Å²) in [5, 5.41) is 9.51. The minimum atomic E-state index is 0.418. The smallest absolute Gasteiger partial charge is 0.263 e. The molecule has 0 amide bonds. The molecule has 5 nitrogen and oxygen atoms in total. The highest BCUT2D eigenvalue weighted by Gasteiger charge is 2.16. The highest BCUT2D eigenvalue weighted by Crippen LogP contribution is 2.32. The molecule has 0 aliphatic carbocycles. The topological polar surface area (TPSA) is 63.8 Å². The van der Waals surface area contributed by atoms with Crippen LogP contribution in [0.1, 0.15) is 5.56 Å². The SMILES string of the molecule is Clc1ccc(-c2noc3ncnc(NCc4ccccc4Cl)c23)cc1. The minimum absolute atomic E-state index is 0.418. The van der Waals surface area contributed by atoms with E-state index in [0.717, 1.165) is 16.5 Å². The maximum absolute atomic E-state index is 6.21. The van der Waals surface area contributed by atoms with Crippen LogP contribution in [-0.4, -0.2) is 15.1 Å². The van der Waals surface area contributed by atoms with Crippen molar-refractivity contribution in [3.8, 4) is 11.3 Å². The summed E-state index contributed by atoms with van der Waals surface area (Å²) in [6.07, 6.45) is 1.44. The van der Waals surface area contributed by atoms with Gasteiger partial charge in [-0.3, -0.25) is 0 Å². The van der Waals surface area contributed by atoms with Gasteiger partial charge >= 0.3 is 0 Å². The Kier molecular flexibility index (Phi) is 4.26. The molecule has 0 atom stereocenters. The number of fused-ring (bicyclic) bond motifs is 1. The number of hydrogen-bond acceptors (Lipinski definition) is 5. The fourth-order valence-corrected chi connectivity index (χ4v) is 2.87. The van der Waals surface area contributed by atoms with Gasteiger partial charge < -0.3 is 9.84 Å². The summed E-state index contributed by atoms with van der Waals surface area (Å²) in [7, 11) is 0. The molecule has 0 aliphatic rings. The van der Waals surface area contributed by atoms with Crippen molar-refractivity contribution in [2.24, 2.45) is 0 Å².